The van der Waals surface area contributed by atoms with Crippen LogP contribution < -0.4 is 4.90 Å². The second-order valence-corrected chi connectivity index (χ2v) is 11.0. The lowest BCUT2D eigenvalue weighted by molar-refractivity contribution is 0.534. The fourth-order valence-corrected chi connectivity index (χ4v) is 5.37. The van der Waals surface area contributed by atoms with Gasteiger partial charge in [0.15, 0.2) is 20.4 Å². The van der Waals surface area contributed by atoms with Crippen molar-refractivity contribution in [2.75, 3.05) is 17.7 Å². The highest BCUT2D eigenvalue weighted by atomic mass is 32.2. The van der Waals surface area contributed by atoms with Gasteiger partial charge in [-0.2, -0.15) is 0 Å². The third-order valence-corrected chi connectivity index (χ3v) is 7.75. The molecule has 0 saturated heterocycles. The van der Waals surface area contributed by atoms with E-state index in [1.54, 1.807) is 18.4 Å². The van der Waals surface area contributed by atoms with Crippen molar-refractivity contribution in [3.05, 3.63) is 82.5 Å². The van der Waals surface area contributed by atoms with E-state index in [2.05, 4.69) is 17.0 Å². The number of benzene rings is 2. The van der Waals surface area contributed by atoms with Crippen molar-refractivity contribution in [2.45, 2.75) is 37.9 Å². The van der Waals surface area contributed by atoms with Crippen molar-refractivity contribution in [3.63, 3.8) is 0 Å². The second-order valence-electron chi connectivity index (χ2n) is 8.64. The summed E-state index contributed by atoms with van der Waals surface area (Å²) in [7, 11) is -3.25. The molecule has 0 radical (unpaired) electrons. The monoisotopic (exact) mass is 494 g/mol. The summed E-state index contributed by atoms with van der Waals surface area (Å²) >= 11 is 5.89. The molecule has 0 aliphatic carbocycles. The van der Waals surface area contributed by atoms with Gasteiger partial charge >= 0.3 is 0 Å². The average Bonchev–Trinajstić information content (AvgIpc) is 3.37. The van der Waals surface area contributed by atoms with Crippen LogP contribution in [-0.4, -0.2) is 35.6 Å². The van der Waals surface area contributed by atoms with Gasteiger partial charge in [0.2, 0.25) is 0 Å². The maximum Gasteiger partial charge on any atom is 0.200 e. The molecule has 3 heterocycles. The number of rotatable bonds is 6. The molecule has 176 valence electrons. The summed E-state index contributed by atoms with van der Waals surface area (Å²) in [6.07, 6.45) is 4.70. The molecule has 0 amide bonds. The largest absolute Gasteiger partial charge is 0.469 e. The van der Waals surface area contributed by atoms with Crippen molar-refractivity contribution in [2.24, 2.45) is 0 Å². The van der Waals surface area contributed by atoms with Crippen LogP contribution in [0, 0.1) is 11.7 Å². The number of hydrogen-bond donors (Lipinski definition) is 0. The van der Waals surface area contributed by atoms with Gasteiger partial charge in [0.1, 0.15) is 12.4 Å². The molecular formula is C25H26N4O3S2. The highest BCUT2D eigenvalue weighted by Gasteiger charge is 2.22. The molecule has 1 aliphatic heterocycles. The Morgan fingerprint density at radius 3 is 2.62 bits per heavy atom. The predicted molar refractivity (Wildman–Crippen MR) is 134 cm³/mol. The Bertz CT molecular complexity index is 1500. The van der Waals surface area contributed by atoms with Gasteiger partial charge < -0.3 is 9.32 Å². The first kappa shape index (κ1) is 22.6. The van der Waals surface area contributed by atoms with E-state index in [1.807, 2.05) is 46.5 Å². The Morgan fingerprint density at radius 2 is 1.91 bits per heavy atom. The molecule has 9 heteroatoms. The number of nitrogens with zero attached hydrogens (tertiary/aromatic N) is 4. The van der Waals surface area contributed by atoms with Crippen LogP contribution in [0.3, 0.4) is 0 Å². The normalized spacial score (nSPS) is 13.8. The third kappa shape index (κ3) is 4.33. The van der Waals surface area contributed by atoms with E-state index in [4.69, 9.17) is 21.7 Å². The Balaban J connectivity index is 1.53. The highest BCUT2D eigenvalue weighted by molar-refractivity contribution is 7.90. The standard InChI is InChI=1S/C25H26N4O3S2/c1-18-22(12-14-32-18)24-26-29(25(33)28(24)16-19-7-4-3-5-8-19)17-27-13-6-9-20-15-21(34(2,30)31)10-11-23(20)27/h3-5,7-8,10-12,14-15H,6,9,13,16-17H2,1-2H3. The number of aryl methyl sites for hydroxylation is 2. The molecule has 5 rings (SSSR count). The van der Waals surface area contributed by atoms with Gasteiger partial charge in [-0.3, -0.25) is 4.57 Å². The number of hydrogen-bond acceptors (Lipinski definition) is 6. The topological polar surface area (TPSA) is 73.3 Å². The van der Waals surface area contributed by atoms with Gasteiger partial charge in [0.05, 0.1) is 23.3 Å². The van der Waals surface area contributed by atoms with Crippen molar-refractivity contribution < 1.29 is 12.8 Å². The van der Waals surface area contributed by atoms with Crippen molar-refractivity contribution >= 4 is 27.7 Å². The fourth-order valence-electron chi connectivity index (χ4n) is 4.45. The van der Waals surface area contributed by atoms with Gasteiger partial charge in [0.25, 0.3) is 0 Å². The zero-order chi connectivity index (χ0) is 23.9. The van der Waals surface area contributed by atoms with E-state index in [0.29, 0.717) is 22.9 Å². The van der Waals surface area contributed by atoms with E-state index in [1.165, 1.54) is 6.26 Å². The minimum absolute atomic E-state index is 0.356. The van der Waals surface area contributed by atoms with Crippen LogP contribution in [-0.2, 0) is 29.5 Å². The highest BCUT2D eigenvalue weighted by Crippen LogP contribution is 2.31. The lowest BCUT2D eigenvalue weighted by atomic mass is 10.0. The summed E-state index contributed by atoms with van der Waals surface area (Å²) in [6, 6.07) is 17.5. The molecule has 0 unspecified atom stereocenters. The fraction of sp³-hybridized carbons (Fsp3) is 0.280. The summed E-state index contributed by atoms with van der Waals surface area (Å²) in [5, 5.41) is 4.91. The van der Waals surface area contributed by atoms with E-state index in [-0.39, 0.29) is 0 Å². The quantitative estimate of drug-likeness (QED) is 0.357. The maximum atomic E-state index is 12.0. The lowest BCUT2D eigenvalue weighted by Crippen LogP contribution is -2.32. The van der Waals surface area contributed by atoms with E-state index < -0.39 is 9.84 Å². The predicted octanol–water partition coefficient (Wildman–Crippen LogP) is 4.84. The molecule has 0 bridgehead atoms. The first-order chi connectivity index (χ1) is 16.3. The average molecular weight is 495 g/mol. The first-order valence-corrected chi connectivity index (χ1v) is 13.5. The maximum absolute atomic E-state index is 12.0. The molecule has 4 aromatic rings. The SMILES string of the molecule is Cc1occc1-c1nn(CN2CCCc3cc(S(C)(=O)=O)ccc32)c(=S)n1Cc1ccccc1. The molecular weight excluding hydrogens is 468 g/mol. The summed E-state index contributed by atoms with van der Waals surface area (Å²) in [4.78, 5) is 2.57. The second kappa shape index (κ2) is 8.88. The molecule has 2 aromatic carbocycles. The van der Waals surface area contributed by atoms with Crippen molar-refractivity contribution in [1.29, 1.82) is 0 Å². The van der Waals surface area contributed by atoms with E-state index >= 15 is 0 Å². The van der Waals surface area contributed by atoms with Gasteiger partial charge in [-0.25, -0.2) is 13.1 Å². The minimum Gasteiger partial charge on any atom is -0.469 e. The number of anilines is 1. The Morgan fingerprint density at radius 1 is 1.12 bits per heavy atom. The zero-order valence-electron chi connectivity index (χ0n) is 19.1. The lowest BCUT2D eigenvalue weighted by Gasteiger charge is -2.31. The summed E-state index contributed by atoms with van der Waals surface area (Å²) < 4.78 is 34.1. The van der Waals surface area contributed by atoms with Crippen molar-refractivity contribution in [1.82, 2.24) is 14.3 Å². The van der Waals surface area contributed by atoms with Crippen molar-refractivity contribution in [3.8, 4) is 11.4 Å². The first-order valence-electron chi connectivity index (χ1n) is 11.2. The Hall–Kier alpha value is -3.17. The van der Waals surface area contributed by atoms with Crippen LogP contribution in [0.2, 0.25) is 0 Å². The van der Waals surface area contributed by atoms with Crippen LogP contribution >= 0.6 is 12.2 Å². The van der Waals surface area contributed by atoms with Crippen LogP contribution in [0.25, 0.3) is 11.4 Å². The van der Waals surface area contributed by atoms with Crippen LogP contribution in [0.15, 0.2) is 70.2 Å². The van der Waals surface area contributed by atoms with Crippen LogP contribution in [0.5, 0.6) is 0 Å². The molecule has 34 heavy (non-hydrogen) atoms. The molecule has 0 spiro atoms. The molecule has 7 nitrogen and oxygen atoms in total. The minimum atomic E-state index is -3.25. The van der Waals surface area contributed by atoms with Gasteiger partial charge in [-0.1, -0.05) is 30.3 Å². The number of aromatic nitrogens is 3. The van der Waals surface area contributed by atoms with Crippen LogP contribution in [0.4, 0.5) is 5.69 Å². The molecule has 0 N–H and O–H groups in total. The third-order valence-electron chi connectivity index (χ3n) is 6.20. The number of furan rings is 1. The number of fused-ring (bicyclic) bond motifs is 1. The smallest absolute Gasteiger partial charge is 0.200 e. The summed E-state index contributed by atoms with van der Waals surface area (Å²) in [6.45, 7) is 3.85. The molecule has 0 fully saturated rings. The molecule has 0 saturated carbocycles. The summed E-state index contributed by atoms with van der Waals surface area (Å²) in [5.74, 6) is 1.56. The number of sulfone groups is 1. The Labute approximate surface area is 204 Å². The summed E-state index contributed by atoms with van der Waals surface area (Å²) in [5.41, 5.74) is 4.12. The van der Waals surface area contributed by atoms with E-state index in [0.717, 1.165) is 53.3 Å². The zero-order valence-corrected chi connectivity index (χ0v) is 20.8. The molecule has 1 aliphatic rings. The van der Waals surface area contributed by atoms with Gasteiger partial charge in [-0.05, 0) is 67.4 Å². The molecule has 2 aromatic heterocycles. The van der Waals surface area contributed by atoms with Gasteiger partial charge in [0, 0.05) is 18.5 Å². The molecule has 0 atom stereocenters. The Kier molecular flexibility index (Phi) is 5.91. The van der Waals surface area contributed by atoms with E-state index in [9.17, 15) is 8.42 Å². The van der Waals surface area contributed by atoms with Crippen LogP contribution in [0.1, 0.15) is 23.3 Å². The van der Waals surface area contributed by atoms with Gasteiger partial charge in [-0.15, -0.1) is 5.10 Å².